The summed E-state index contributed by atoms with van der Waals surface area (Å²) in [5.74, 6) is -0.657. The molecule has 1 fully saturated rings. The largest absolute Gasteiger partial charge is 0.460 e. The van der Waals surface area contributed by atoms with E-state index < -0.39 is 17.2 Å². The third-order valence-corrected chi connectivity index (χ3v) is 8.56. The minimum Gasteiger partial charge on any atom is -0.460 e. The van der Waals surface area contributed by atoms with Crippen LogP contribution in [0.4, 0.5) is 4.79 Å². The third-order valence-electron chi connectivity index (χ3n) is 6.34. The number of thiophene rings is 2. The molecule has 1 N–H and O–H groups in total. The van der Waals surface area contributed by atoms with E-state index in [-0.39, 0.29) is 18.2 Å². The fourth-order valence-corrected chi connectivity index (χ4v) is 6.36. The maximum atomic E-state index is 13.5. The van der Waals surface area contributed by atoms with Crippen molar-refractivity contribution in [1.82, 2.24) is 4.90 Å². The predicted molar refractivity (Wildman–Crippen MR) is 143 cm³/mol. The Kier molecular flexibility index (Phi) is 7.87. The molecule has 1 aliphatic carbocycles. The van der Waals surface area contributed by atoms with Crippen LogP contribution in [-0.2, 0) is 19.9 Å². The zero-order valence-electron chi connectivity index (χ0n) is 21.1. The lowest BCUT2D eigenvalue weighted by Crippen LogP contribution is -2.44. The number of nitrogens with zero attached hydrogens (tertiary/aromatic N) is 1. The molecule has 0 spiro atoms. The molecule has 1 saturated carbocycles. The average molecular weight is 528 g/mol. The normalized spacial score (nSPS) is 19.8. The molecular formula is C28H33NO5S2. The summed E-state index contributed by atoms with van der Waals surface area (Å²) in [6.45, 7) is 5.54. The van der Waals surface area contributed by atoms with Crippen LogP contribution in [0.5, 0.6) is 0 Å². The molecule has 1 amide bonds. The van der Waals surface area contributed by atoms with Gasteiger partial charge in [-0.25, -0.2) is 9.59 Å². The van der Waals surface area contributed by atoms with Crippen LogP contribution < -0.4 is 0 Å². The van der Waals surface area contributed by atoms with Gasteiger partial charge >= 0.3 is 12.1 Å². The zero-order valence-corrected chi connectivity index (χ0v) is 22.7. The van der Waals surface area contributed by atoms with Crippen LogP contribution in [0.1, 0.15) is 56.2 Å². The molecule has 1 atom stereocenters. The van der Waals surface area contributed by atoms with E-state index in [1.165, 1.54) is 22.7 Å². The highest BCUT2D eigenvalue weighted by molar-refractivity contribution is 7.16. The van der Waals surface area contributed by atoms with Crippen molar-refractivity contribution in [2.75, 3.05) is 7.05 Å². The molecule has 8 heteroatoms. The molecule has 1 aliphatic rings. The van der Waals surface area contributed by atoms with Crippen molar-refractivity contribution in [2.45, 2.75) is 69.8 Å². The van der Waals surface area contributed by atoms with Gasteiger partial charge in [0.2, 0.25) is 5.60 Å². The Bertz CT molecular complexity index is 1160. The smallest absolute Gasteiger partial charge is 0.410 e. The van der Waals surface area contributed by atoms with Gasteiger partial charge in [-0.05, 0) is 75.6 Å². The number of carbonyl (C=O) groups is 2. The van der Waals surface area contributed by atoms with E-state index in [2.05, 4.69) is 0 Å². The lowest BCUT2D eigenvalue weighted by atomic mass is 9.91. The molecule has 192 valence electrons. The van der Waals surface area contributed by atoms with Crippen molar-refractivity contribution in [1.29, 1.82) is 0 Å². The molecular weight excluding hydrogens is 494 g/mol. The maximum absolute atomic E-state index is 13.5. The number of esters is 1. The van der Waals surface area contributed by atoms with Gasteiger partial charge in [0.05, 0.1) is 9.75 Å². The zero-order chi connectivity index (χ0) is 25.9. The Balaban J connectivity index is 1.45. The number of amides is 1. The summed E-state index contributed by atoms with van der Waals surface area (Å²) in [5, 5.41) is 13.6. The molecule has 4 rings (SSSR count). The Morgan fingerprint density at radius 3 is 2.25 bits per heavy atom. The number of aliphatic hydroxyl groups is 1. The number of benzene rings is 1. The Morgan fingerprint density at radius 1 is 0.944 bits per heavy atom. The molecule has 0 saturated heterocycles. The van der Waals surface area contributed by atoms with Gasteiger partial charge in [0.25, 0.3) is 0 Å². The summed E-state index contributed by atoms with van der Waals surface area (Å²) in [6.07, 6.45) is 1.96. The van der Waals surface area contributed by atoms with Crippen LogP contribution >= 0.6 is 22.7 Å². The molecule has 36 heavy (non-hydrogen) atoms. The van der Waals surface area contributed by atoms with Crippen LogP contribution in [0.3, 0.4) is 0 Å². The second-order valence-electron chi connectivity index (χ2n) is 10.1. The first-order valence-corrected chi connectivity index (χ1v) is 13.9. The molecule has 0 bridgehead atoms. The third kappa shape index (κ3) is 5.82. The Labute approximate surface area is 220 Å². The summed E-state index contributed by atoms with van der Waals surface area (Å²) in [7, 11) is 1.75. The van der Waals surface area contributed by atoms with Crippen molar-refractivity contribution in [3.8, 4) is 10.4 Å². The number of ether oxygens (including phenoxy) is 2. The van der Waals surface area contributed by atoms with Crippen LogP contribution in [0, 0.1) is 0 Å². The molecule has 2 heterocycles. The Morgan fingerprint density at radius 2 is 1.64 bits per heavy atom. The SMILES string of the molecule is CN(C(=O)OC(C)(C)C)C1CCC(OC(=O)[C@@](O)(c2cccs2)c2ccc(-c3ccccc3)s2)CC1. The van der Waals surface area contributed by atoms with E-state index in [1.54, 1.807) is 24.1 Å². The highest BCUT2D eigenvalue weighted by Gasteiger charge is 2.45. The number of rotatable bonds is 6. The van der Waals surface area contributed by atoms with Crippen LogP contribution in [-0.4, -0.2) is 46.9 Å². The van der Waals surface area contributed by atoms with Gasteiger partial charge in [-0.15, -0.1) is 22.7 Å². The highest BCUT2D eigenvalue weighted by atomic mass is 32.1. The highest BCUT2D eigenvalue weighted by Crippen LogP contribution is 2.41. The summed E-state index contributed by atoms with van der Waals surface area (Å²) in [4.78, 5) is 29.6. The van der Waals surface area contributed by atoms with Crippen LogP contribution in [0.15, 0.2) is 60.0 Å². The van der Waals surface area contributed by atoms with Crippen molar-refractivity contribution in [3.63, 3.8) is 0 Å². The fourth-order valence-electron chi connectivity index (χ4n) is 4.37. The maximum Gasteiger partial charge on any atom is 0.410 e. The first-order valence-electron chi connectivity index (χ1n) is 12.2. The van der Waals surface area contributed by atoms with Gasteiger partial charge in [0, 0.05) is 18.0 Å². The molecule has 0 radical (unpaired) electrons. The van der Waals surface area contributed by atoms with Crippen molar-refractivity contribution in [2.24, 2.45) is 0 Å². The van der Waals surface area contributed by atoms with E-state index in [4.69, 9.17) is 9.47 Å². The Hall–Kier alpha value is -2.68. The molecule has 1 aromatic carbocycles. The van der Waals surface area contributed by atoms with Gasteiger partial charge in [0.15, 0.2) is 0 Å². The second kappa shape index (κ2) is 10.7. The van der Waals surface area contributed by atoms with E-state index in [1.807, 2.05) is 68.6 Å². The van der Waals surface area contributed by atoms with Crippen molar-refractivity contribution in [3.05, 3.63) is 69.7 Å². The van der Waals surface area contributed by atoms with Gasteiger partial charge in [-0.1, -0.05) is 36.4 Å². The van der Waals surface area contributed by atoms with Gasteiger partial charge in [-0.2, -0.15) is 0 Å². The van der Waals surface area contributed by atoms with E-state index >= 15 is 0 Å². The van der Waals surface area contributed by atoms with E-state index in [9.17, 15) is 14.7 Å². The van der Waals surface area contributed by atoms with Crippen LogP contribution in [0.2, 0.25) is 0 Å². The molecule has 6 nitrogen and oxygen atoms in total. The van der Waals surface area contributed by atoms with Gasteiger partial charge in [-0.3, -0.25) is 0 Å². The summed E-state index contributed by atoms with van der Waals surface area (Å²) in [5.41, 5.74) is -1.38. The monoisotopic (exact) mass is 527 g/mol. The standard InChI is InChI=1S/C28H33NO5S2/c1-27(2,3)34-26(31)29(4)20-12-14-21(15-13-20)33-25(30)28(32,23-11-8-18-35-23)24-17-16-22(36-24)19-9-6-5-7-10-19/h5-11,16-18,20-21,32H,12-15H2,1-4H3/t20?,21?,28-/m1/s1. The molecule has 2 aromatic heterocycles. The minimum atomic E-state index is -1.87. The number of hydrogen-bond donors (Lipinski definition) is 1. The second-order valence-corrected chi connectivity index (χ2v) is 12.2. The quantitative estimate of drug-likeness (QED) is 0.374. The molecule has 3 aromatic rings. The van der Waals surface area contributed by atoms with E-state index in [0.29, 0.717) is 35.4 Å². The first kappa shape index (κ1) is 26.4. The summed E-state index contributed by atoms with van der Waals surface area (Å²) < 4.78 is 11.4. The van der Waals surface area contributed by atoms with Crippen molar-refractivity contribution >= 4 is 34.7 Å². The van der Waals surface area contributed by atoms with Gasteiger partial charge in [0.1, 0.15) is 11.7 Å². The van der Waals surface area contributed by atoms with E-state index in [0.717, 1.165) is 10.4 Å². The molecule has 0 aliphatic heterocycles. The molecule has 0 unspecified atom stereocenters. The topological polar surface area (TPSA) is 76.1 Å². The first-order chi connectivity index (χ1) is 17.1. The number of hydrogen-bond acceptors (Lipinski definition) is 7. The van der Waals surface area contributed by atoms with Crippen LogP contribution in [0.25, 0.3) is 10.4 Å². The lowest BCUT2D eigenvalue weighted by molar-refractivity contribution is -0.169. The lowest BCUT2D eigenvalue weighted by Gasteiger charge is -2.36. The number of carbonyl (C=O) groups excluding carboxylic acids is 2. The fraction of sp³-hybridized carbons (Fsp3) is 0.429. The summed E-state index contributed by atoms with van der Waals surface area (Å²) >= 11 is 2.72. The summed E-state index contributed by atoms with van der Waals surface area (Å²) in [6, 6.07) is 17.2. The average Bonchev–Trinajstić information content (AvgIpc) is 3.56. The van der Waals surface area contributed by atoms with Gasteiger partial charge < -0.3 is 19.5 Å². The van der Waals surface area contributed by atoms with Crippen molar-refractivity contribution < 1.29 is 24.2 Å². The predicted octanol–water partition coefficient (Wildman–Crippen LogP) is 6.43. The minimum absolute atomic E-state index is 0.0247.